The number of hydrazine groups is 1. The Morgan fingerprint density at radius 2 is 1.72 bits per heavy atom. The van der Waals surface area contributed by atoms with Gasteiger partial charge in [0.25, 0.3) is 5.91 Å². The van der Waals surface area contributed by atoms with Crippen molar-refractivity contribution in [2.75, 3.05) is 0 Å². The van der Waals surface area contributed by atoms with Gasteiger partial charge in [-0.1, -0.05) is 41.9 Å². The molecule has 0 bridgehead atoms. The van der Waals surface area contributed by atoms with Crippen molar-refractivity contribution in [2.45, 2.75) is 18.0 Å². The van der Waals surface area contributed by atoms with Crippen LogP contribution in [0.15, 0.2) is 85.1 Å². The van der Waals surface area contributed by atoms with E-state index in [9.17, 15) is 22.4 Å². The monoisotopic (exact) mass is 553 g/mol. The lowest BCUT2D eigenvalue weighted by atomic mass is 9.71. The predicted molar refractivity (Wildman–Crippen MR) is 138 cm³/mol. The first-order chi connectivity index (χ1) is 18.6. The smallest absolute Gasteiger partial charge is 0.341 e. The fourth-order valence-electron chi connectivity index (χ4n) is 4.64. The predicted octanol–water partition coefficient (Wildman–Crippen LogP) is 5.95. The largest absolute Gasteiger partial charge is 0.416 e. The first-order valence-corrected chi connectivity index (χ1v) is 12.0. The Hall–Kier alpha value is -4.28. The van der Waals surface area contributed by atoms with Crippen LogP contribution in [0.2, 0.25) is 5.02 Å². The number of amides is 1. The van der Waals surface area contributed by atoms with Crippen molar-refractivity contribution >= 4 is 28.5 Å². The van der Waals surface area contributed by atoms with Gasteiger partial charge >= 0.3 is 6.18 Å². The molecule has 11 heteroatoms. The highest BCUT2D eigenvalue weighted by Gasteiger charge is 2.43. The molecule has 0 saturated carbocycles. The van der Waals surface area contributed by atoms with Crippen LogP contribution < -0.4 is 11.3 Å². The molecule has 198 valence electrons. The minimum absolute atomic E-state index is 0.0209. The molecule has 0 radical (unpaired) electrons. The van der Waals surface area contributed by atoms with Crippen molar-refractivity contribution in [3.8, 4) is 0 Å². The molecule has 2 aromatic heterocycles. The summed E-state index contributed by atoms with van der Waals surface area (Å²) >= 11 is 6.11. The van der Waals surface area contributed by atoms with Gasteiger partial charge in [-0.25, -0.2) is 15.2 Å². The highest BCUT2D eigenvalue weighted by Crippen LogP contribution is 2.43. The lowest BCUT2D eigenvalue weighted by molar-refractivity contribution is -0.137. The lowest BCUT2D eigenvalue weighted by Gasteiger charge is -2.33. The number of aromatic amines is 1. The summed E-state index contributed by atoms with van der Waals surface area (Å²) in [5, 5.41) is 0.310. The number of rotatable bonds is 6. The zero-order chi connectivity index (χ0) is 27.8. The van der Waals surface area contributed by atoms with Gasteiger partial charge in [0.05, 0.1) is 32.7 Å². The molecule has 0 saturated heterocycles. The molecule has 1 amide bonds. The molecule has 3 aromatic carbocycles. The summed E-state index contributed by atoms with van der Waals surface area (Å²) < 4.78 is 56.5. The van der Waals surface area contributed by atoms with Gasteiger partial charge in [0.15, 0.2) is 0 Å². The zero-order valence-electron chi connectivity index (χ0n) is 20.1. The Bertz CT molecular complexity index is 1650. The Labute approximate surface area is 224 Å². The fourth-order valence-corrected chi connectivity index (χ4v) is 4.76. The molecular formula is C28H20ClF4N5O. The number of carbonyl (C=O) groups is 1. The van der Waals surface area contributed by atoms with Crippen LogP contribution >= 0.6 is 11.6 Å². The minimum atomic E-state index is -4.80. The molecule has 2 heterocycles. The summed E-state index contributed by atoms with van der Waals surface area (Å²) in [6, 6.07) is 19.2. The molecule has 39 heavy (non-hydrogen) atoms. The van der Waals surface area contributed by atoms with Gasteiger partial charge in [-0.05, 0) is 66.1 Å². The first-order valence-electron chi connectivity index (χ1n) is 11.7. The Morgan fingerprint density at radius 3 is 2.38 bits per heavy atom. The number of nitrogen functional groups attached to an aromatic ring is 1. The summed E-state index contributed by atoms with van der Waals surface area (Å²) in [5.41, 5.74) is 1.45. The number of carbonyl (C=O) groups excluding carboxylic acids is 1. The number of imidazole rings is 1. The number of benzene rings is 3. The Balaban J connectivity index is 1.86. The summed E-state index contributed by atoms with van der Waals surface area (Å²) in [6.45, 7) is 0. The van der Waals surface area contributed by atoms with Crippen molar-refractivity contribution in [3.63, 3.8) is 0 Å². The van der Waals surface area contributed by atoms with Crippen LogP contribution in [-0.4, -0.2) is 20.9 Å². The van der Waals surface area contributed by atoms with E-state index in [0.29, 0.717) is 22.1 Å². The number of nitrogens with two attached hydrogens (primary N) is 1. The average molecular weight is 554 g/mol. The van der Waals surface area contributed by atoms with E-state index in [1.54, 1.807) is 48.5 Å². The highest BCUT2D eigenvalue weighted by molar-refractivity contribution is 6.30. The third-order valence-electron chi connectivity index (χ3n) is 6.48. The van der Waals surface area contributed by atoms with E-state index in [0.717, 1.165) is 17.7 Å². The molecule has 0 aliphatic rings. The van der Waals surface area contributed by atoms with Gasteiger partial charge in [-0.15, -0.1) is 0 Å². The topological polar surface area (TPSA) is 96.7 Å². The van der Waals surface area contributed by atoms with E-state index in [4.69, 9.17) is 22.4 Å². The van der Waals surface area contributed by atoms with Crippen molar-refractivity contribution < 1.29 is 22.4 Å². The van der Waals surface area contributed by atoms with Crippen LogP contribution in [-0.2, 0) is 18.0 Å². The van der Waals surface area contributed by atoms with Gasteiger partial charge in [-0.3, -0.25) is 15.2 Å². The SMILES string of the molecule is NNC(=O)c1ccc2[nH]c(C(Cc3ccccc3)(c3cc(F)cc(C(F)(F)F)c3)c3ccc(Cl)cn3)nc2c1. The third kappa shape index (κ3) is 5.08. The summed E-state index contributed by atoms with van der Waals surface area (Å²) in [7, 11) is 0. The minimum Gasteiger partial charge on any atom is -0.341 e. The second-order valence-corrected chi connectivity index (χ2v) is 9.38. The quantitative estimate of drug-likeness (QED) is 0.105. The van der Waals surface area contributed by atoms with Crippen molar-refractivity contribution in [1.82, 2.24) is 20.4 Å². The second-order valence-electron chi connectivity index (χ2n) is 8.95. The molecule has 0 aliphatic carbocycles. The molecule has 4 N–H and O–H groups in total. The number of hydrogen-bond acceptors (Lipinski definition) is 4. The van der Waals surface area contributed by atoms with Crippen LogP contribution in [0, 0.1) is 5.82 Å². The maximum atomic E-state index is 14.9. The zero-order valence-corrected chi connectivity index (χ0v) is 20.8. The molecule has 1 atom stereocenters. The number of halogens is 5. The van der Waals surface area contributed by atoms with E-state index in [2.05, 4.69) is 15.4 Å². The lowest BCUT2D eigenvalue weighted by Crippen LogP contribution is -2.35. The third-order valence-corrected chi connectivity index (χ3v) is 6.70. The van der Waals surface area contributed by atoms with Crippen LogP contribution in [0.4, 0.5) is 17.6 Å². The fraction of sp³-hybridized carbons (Fsp3) is 0.107. The number of fused-ring (bicyclic) bond motifs is 1. The van der Waals surface area contributed by atoms with Crippen LogP contribution in [0.1, 0.15) is 38.6 Å². The maximum Gasteiger partial charge on any atom is 0.416 e. The molecule has 1 unspecified atom stereocenters. The van der Waals surface area contributed by atoms with Crippen LogP contribution in [0.5, 0.6) is 0 Å². The second kappa shape index (κ2) is 10.1. The van der Waals surface area contributed by atoms with E-state index in [1.165, 1.54) is 18.3 Å². The molecule has 5 rings (SSSR count). The van der Waals surface area contributed by atoms with E-state index in [1.807, 2.05) is 0 Å². The van der Waals surface area contributed by atoms with Gasteiger partial charge in [0.1, 0.15) is 11.6 Å². The molecule has 0 fully saturated rings. The average Bonchev–Trinajstić information content (AvgIpc) is 3.35. The molecule has 0 aliphatic heterocycles. The molecule has 5 aromatic rings. The number of hydrogen-bond donors (Lipinski definition) is 3. The van der Waals surface area contributed by atoms with Crippen molar-refractivity contribution in [3.05, 3.63) is 130 Å². The summed E-state index contributed by atoms with van der Waals surface area (Å²) in [5.74, 6) is 3.85. The van der Waals surface area contributed by atoms with Gasteiger partial charge < -0.3 is 4.98 Å². The van der Waals surface area contributed by atoms with Gasteiger partial charge in [0, 0.05) is 11.8 Å². The summed E-state index contributed by atoms with van der Waals surface area (Å²) in [6.07, 6.45) is -3.37. The van der Waals surface area contributed by atoms with E-state index >= 15 is 0 Å². The number of pyridine rings is 1. The molecule has 0 spiro atoms. The Kier molecular flexibility index (Phi) is 6.83. The van der Waals surface area contributed by atoms with Crippen molar-refractivity contribution in [2.24, 2.45) is 5.84 Å². The van der Waals surface area contributed by atoms with Crippen molar-refractivity contribution in [1.29, 1.82) is 0 Å². The first kappa shape index (κ1) is 26.3. The van der Waals surface area contributed by atoms with E-state index < -0.39 is 28.9 Å². The van der Waals surface area contributed by atoms with Gasteiger partial charge in [-0.2, -0.15) is 13.2 Å². The number of alkyl halides is 3. The standard InChI is InChI=1S/C28H20ClF4N5O/c29-20-7-9-24(35-15-20)27(14-16-4-2-1-3-5-16,18-11-19(28(31,32)33)13-21(30)12-18)26-36-22-8-6-17(25(39)38-34)10-23(22)37-26/h1-13,15H,14,34H2,(H,36,37)(H,38,39). The number of nitrogens with one attached hydrogen (secondary N) is 2. The number of aromatic nitrogens is 3. The van der Waals surface area contributed by atoms with E-state index in [-0.39, 0.29) is 29.1 Å². The maximum absolute atomic E-state index is 14.9. The normalized spacial score (nSPS) is 13.3. The molecular weight excluding hydrogens is 534 g/mol. The number of nitrogens with zero attached hydrogens (tertiary/aromatic N) is 2. The van der Waals surface area contributed by atoms with Crippen LogP contribution in [0.25, 0.3) is 11.0 Å². The number of H-pyrrole nitrogens is 1. The van der Waals surface area contributed by atoms with Crippen LogP contribution in [0.3, 0.4) is 0 Å². The van der Waals surface area contributed by atoms with Gasteiger partial charge in [0.2, 0.25) is 0 Å². The molecule has 6 nitrogen and oxygen atoms in total. The Morgan fingerprint density at radius 1 is 0.974 bits per heavy atom. The summed E-state index contributed by atoms with van der Waals surface area (Å²) in [4.78, 5) is 24.5. The highest BCUT2D eigenvalue weighted by atomic mass is 35.5.